The molecule has 4 heteroatoms. The third kappa shape index (κ3) is 5.27. The molecule has 0 saturated heterocycles. The van der Waals surface area contributed by atoms with Gasteiger partial charge in [0.25, 0.3) is 0 Å². The lowest BCUT2D eigenvalue weighted by molar-refractivity contribution is 0.669. The Kier molecular flexibility index (Phi) is 7.40. The van der Waals surface area contributed by atoms with Gasteiger partial charge in [0, 0.05) is 64.3 Å². The van der Waals surface area contributed by atoms with Crippen LogP contribution in [0.5, 0.6) is 0 Å². The molecule has 3 aromatic heterocycles. The van der Waals surface area contributed by atoms with E-state index < -0.39 is 0 Å². The molecule has 0 unspecified atom stereocenters. The van der Waals surface area contributed by atoms with Crippen molar-refractivity contribution >= 4 is 92.4 Å². The van der Waals surface area contributed by atoms with E-state index in [4.69, 9.17) is 8.83 Å². The second kappa shape index (κ2) is 13.1. The molecule has 0 bridgehead atoms. The molecule has 3 nitrogen and oxygen atoms in total. The van der Waals surface area contributed by atoms with Crippen molar-refractivity contribution < 1.29 is 8.83 Å². The summed E-state index contributed by atoms with van der Waals surface area (Å²) in [6.45, 7) is 0. The fraction of sp³-hybridized carbons (Fsp3) is 0. The highest BCUT2D eigenvalue weighted by atomic mass is 32.1. The highest BCUT2D eigenvalue weighted by Crippen LogP contribution is 2.45. The Hall–Kier alpha value is -7.40. The summed E-state index contributed by atoms with van der Waals surface area (Å²) in [6, 6.07) is 71.4. The molecule has 9 aromatic carbocycles. The topological polar surface area (TPSA) is 29.5 Å². The number of hydrogen-bond donors (Lipinski definition) is 0. The zero-order valence-corrected chi connectivity index (χ0v) is 32.0. The van der Waals surface area contributed by atoms with Crippen molar-refractivity contribution in [2.24, 2.45) is 0 Å². The van der Waals surface area contributed by atoms with Crippen molar-refractivity contribution in [3.8, 4) is 33.4 Å². The quantitative estimate of drug-likeness (QED) is 0.169. The van der Waals surface area contributed by atoms with Crippen LogP contribution in [0.4, 0.5) is 17.1 Å². The second-order valence-corrected chi connectivity index (χ2v) is 15.9. The first-order chi connectivity index (χ1) is 28.7. The Morgan fingerprint density at radius 2 is 0.897 bits per heavy atom. The van der Waals surface area contributed by atoms with Crippen molar-refractivity contribution in [1.29, 1.82) is 0 Å². The fourth-order valence-corrected chi connectivity index (χ4v) is 9.92. The van der Waals surface area contributed by atoms with Crippen molar-refractivity contribution in [2.75, 3.05) is 4.90 Å². The van der Waals surface area contributed by atoms with Crippen molar-refractivity contribution in [1.82, 2.24) is 0 Å². The minimum atomic E-state index is 0.881. The average molecular weight is 760 g/mol. The van der Waals surface area contributed by atoms with Crippen LogP contribution in [0, 0.1) is 0 Å². The number of rotatable bonds is 6. The van der Waals surface area contributed by atoms with E-state index in [1.165, 1.54) is 31.3 Å². The van der Waals surface area contributed by atoms with Gasteiger partial charge in [-0.3, -0.25) is 0 Å². The number of nitrogens with zero attached hydrogens (tertiary/aromatic N) is 1. The minimum Gasteiger partial charge on any atom is -0.456 e. The molecule has 0 saturated carbocycles. The normalized spacial score (nSPS) is 11.8. The van der Waals surface area contributed by atoms with Crippen molar-refractivity contribution in [3.63, 3.8) is 0 Å². The van der Waals surface area contributed by atoms with Crippen LogP contribution in [0.2, 0.25) is 0 Å². The maximum atomic E-state index is 6.50. The molecule has 0 spiro atoms. The molecule has 0 atom stereocenters. The Morgan fingerprint density at radius 3 is 1.71 bits per heavy atom. The van der Waals surface area contributed by atoms with Crippen LogP contribution in [-0.4, -0.2) is 0 Å². The highest BCUT2D eigenvalue weighted by Gasteiger charge is 2.19. The Morgan fingerprint density at radius 1 is 0.328 bits per heavy atom. The molecule has 0 amide bonds. The molecule has 272 valence electrons. The van der Waals surface area contributed by atoms with Gasteiger partial charge in [-0.2, -0.15) is 0 Å². The second-order valence-electron chi connectivity index (χ2n) is 14.9. The maximum absolute atomic E-state index is 6.50. The van der Waals surface area contributed by atoms with Crippen LogP contribution in [-0.2, 0) is 0 Å². The highest BCUT2D eigenvalue weighted by molar-refractivity contribution is 7.26. The van der Waals surface area contributed by atoms with Crippen molar-refractivity contribution in [3.05, 3.63) is 200 Å². The predicted octanol–water partition coefficient (Wildman–Crippen LogP) is 16.3. The van der Waals surface area contributed by atoms with Gasteiger partial charge in [-0.1, -0.05) is 133 Å². The first-order valence-electron chi connectivity index (χ1n) is 19.6. The molecular weight excluding hydrogens is 727 g/mol. The molecule has 0 N–H and O–H groups in total. The largest absolute Gasteiger partial charge is 0.456 e. The summed E-state index contributed by atoms with van der Waals surface area (Å²) in [4.78, 5) is 2.37. The zero-order chi connectivity index (χ0) is 38.2. The summed E-state index contributed by atoms with van der Waals surface area (Å²) in [5.74, 6) is 0. The summed E-state index contributed by atoms with van der Waals surface area (Å²) >= 11 is 1.86. The van der Waals surface area contributed by atoms with Crippen LogP contribution < -0.4 is 4.90 Å². The van der Waals surface area contributed by atoms with Gasteiger partial charge >= 0.3 is 0 Å². The predicted molar refractivity (Wildman–Crippen MR) is 245 cm³/mol. The van der Waals surface area contributed by atoms with Gasteiger partial charge in [0.2, 0.25) is 0 Å². The lowest BCUT2D eigenvalue weighted by Gasteiger charge is -2.26. The summed E-state index contributed by atoms with van der Waals surface area (Å²) in [7, 11) is 0. The van der Waals surface area contributed by atoms with Gasteiger partial charge in [0.05, 0.1) is 0 Å². The minimum absolute atomic E-state index is 0.881. The number of para-hydroxylation sites is 2. The van der Waals surface area contributed by atoms with E-state index in [1.54, 1.807) is 0 Å². The van der Waals surface area contributed by atoms with Gasteiger partial charge in [-0.05, 0) is 94.5 Å². The number of thiophene rings is 1. The first kappa shape index (κ1) is 32.8. The van der Waals surface area contributed by atoms with E-state index in [0.717, 1.165) is 83.2 Å². The number of furan rings is 2. The fourth-order valence-electron chi connectivity index (χ4n) is 8.70. The molecule has 58 heavy (non-hydrogen) atoms. The molecule has 3 heterocycles. The lowest BCUT2D eigenvalue weighted by Crippen LogP contribution is -2.09. The number of anilines is 3. The molecular formula is C54H33NO2S. The lowest BCUT2D eigenvalue weighted by atomic mass is 10.00. The van der Waals surface area contributed by atoms with Gasteiger partial charge in [-0.25, -0.2) is 0 Å². The summed E-state index contributed by atoms with van der Waals surface area (Å²) < 4.78 is 15.3. The third-order valence-corrected chi connectivity index (χ3v) is 12.7. The summed E-state index contributed by atoms with van der Waals surface area (Å²) in [6.07, 6.45) is 0. The molecule has 0 aliphatic rings. The summed E-state index contributed by atoms with van der Waals surface area (Å²) in [5.41, 5.74) is 13.9. The molecule has 0 fully saturated rings. The molecule has 0 radical (unpaired) electrons. The van der Waals surface area contributed by atoms with Gasteiger partial charge in [0.1, 0.15) is 22.3 Å². The SMILES string of the molecule is c1ccc(-c2cccc3c2oc2ccc(-c4ccc(N(c5ccc6oc7ccccc7c6c5)c5ccc6sc7c(-c8ccccc8)cccc7c6c5)cc4)cc23)cc1. The molecule has 0 aliphatic heterocycles. The van der Waals surface area contributed by atoms with Gasteiger partial charge < -0.3 is 13.7 Å². The van der Waals surface area contributed by atoms with Crippen LogP contribution in [0.1, 0.15) is 0 Å². The van der Waals surface area contributed by atoms with Crippen LogP contribution in [0.15, 0.2) is 209 Å². The molecule has 12 rings (SSSR count). The first-order valence-corrected chi connectivity index (χ1v) is 20.4. The van der Waals surface area contributed by atoms with Crippen LogP contribution in [0.3, 0.4) is 0 Å². The van der Waals surface area contributed by atoms with E-state index in [9.17, 15) is 0 Å². The zero-order valence-electron chi connectivity index (χ0n) is 31.2. The number of hydrogen-bond acceptors (Lipinski definition) is 4. The van der Waals surface area contributed by atoms with Crippen LogP contribution >= 0.6 is 11.3 Å². The summed E-state index contributed by atoms with van der Waals surface area (Å²) in [5, 5.41) is 6.97. The Bertz CT molecular complexity index is 3500. The average Bonchev–Trinajstić information content (AvgIpc) is 3.98. The maximum Gasteiger partial charge on any atom is 0.143 e. The van der Waals surface area contributed by atoms with Crippen LogP contribution in [0.25, 0.3) is 97.4 Å². The monoisotopic (exact) mass is 759 g/mol. The van der Waals surface area contributed by atoms with E-state index in [-0.39, 0.29) is 0 Å². The number of benzene rings is 9. The third-order valence-electron chi connectivity index (χ3n) is 11.5. The number of fused-ring (bicyclic) bond motifs is 9. The Balaban J connectivity index is 0.988. The van der Waals surface area contributed by atoms with E-state index in [2.05, 4.69) is 187 Å². The standard InChI is InChI=1S/C54H33NO2S/c1-3-11-35(12-4-1)41-16-9-18-44-46-31-37(23-28-51(46)57-53(41)44)34-21-24-38(25-22-34)55(39-26-29-50-47(32-39)43-15-7-8-20-49(43)56-50)40-27-30-52-48(33-40)45-19-10-17-42(54(45)58-52)36-13-5-2-6-14-36/h1-33H. The van der Waals surface area contributed by atoms with Crippen molar-refractivity contribution in [2.45, 2.75) is 0 Å². The molecule has 0 aliphatic carbocycles. The van der Waals surface area contributed by atoms with E-state index in [1.807, 2.05) is 29.5 Å². The smallest absolute Gasteiger partial charge is 0.143 e. The van der Waals surface area contributed by atoms with E-state index >= 15 is 0 Å². The van der Waals surface area contributed by atoms with Gasteiger partial charge in [-0.15, -0.1) is 11.3 Å². The molecule has 12 aromatic rings. The van der Waals surface area contributed by atoms with E-state index in [0.29, 0.717) is 0 Å². The van der Waals surface area contributed by atoms with Gasteiger partial charge in [0.15, 0.2) is 0 Å². The Labute approximate surface area is 338 Å².